The van der Waals surface area contributed by atoms with Gasteiger partial charge >= 0.3 is 0 Å². The summed E-state index contributed by atoms with van der Waals surface area (Å²) >= 11 is 20.5. The van der Waals surface area contributed by atoms with Crippen molar-refractivity contribution in [1.29, 1.82) is 0 Å². The number of nitrogens with two attached hydrogens (primary N) is 2. The maximum atomic E-state index is 15.6. The lowest BCUT2D eigenvalue weighted by molar-refractivity contribution is -0.334. The van der Waals surface area contributed by atoms with E-state index in [4.69, 9.17) is 79.7 Å². The number of nitrogens with one attached hydrogen (secondary N) is 7. The molecule has 0 aliphatic carbocycles. The molecule has 32 nitrogen and oxygen atoms in total. The van der Waals surface area contributed by atoms with Crippen molar-refractivity contribution in [2.75, 3.05) is 20.3 Å². The lowest BCUT2D eigenvalue weighted by Gasteiger charge is -2.48. The van der Waals surface area contributed by atoms with Crippen molar-refractivity contribution in [2.45, 2.75) is 163 Å². The summed E-state index contributed by atoms with van der Waals surface area (Å²) in [7, 11) is 1.50. The number of carbonyl (C=O) groups excluding carboxylic acids is 6. The van der Waals surface area contributed by atoms with E-state index in [9.17, 15) is 70.2 Å². The Morgan fingerprint density at radius 1 is 0.684 bits per heavy atom. The van der Waals surface area contributed by atoms with Crippen molar-refractivity contribution in [3.8, 4) is 68.2 Å². The van der Waals surface area contributed by atoms with E-state index in [1.165, 1.54) is 61.6 Å². The molecule has 2 saturated heterocycles. The van der Waals surface area contributed by atoms with Gasteiger partial charge in [-0.15, -0.1) is 0 Å². The molecule has 0 spiro atoms. The predicted octanol–water partition coefficient (Wildman–Crippen LogP) is 4.41. The van der Waals surface area contributed by atoms with E-state index >= 15 is 9.59 Å². The zero-order chi connectivity index (χ0) is 82.0. The van der Waals surface area contributed by atoms with Crippen LogP contribution in [0.15, 0.2) is 132 Å². The van der Waals surface area contributed by atoms with Crippen LogP contribution in [-0.2, 0) is 49.5 Å². The Hall–Kier alpha value is -9.98. The van der Waals surface area contributed by atoms with Crippen LogP contribution in [0.1, 0.15) is 111 Å². The molecule has 0 aromatic heterocycles. The molecule has 7 aromatic carbocycles. The number of hydrogen-bond acceptors (Lipinski definition) is 26. The number of aliphatic hydroxyl groups excluding tert-OH is 7. The van der Waals surface area contributed by atoms with Crippen LogP contribution >= 0.6 is 34.8 Å². The van der Waals surface area contributed by atoms with E-state index in [1.54, 1.807) is 26.0 Å². The third-order valence-corrected chi connectivity index (χ3v) is 21.4. The molecule has 114 heavy (non-hydrogen) atoms. The summed E-state index contributed by atoms with van der Waals surface area (Å²) in [5.74, 6) is -11.9. The highest BCUT2D eigenvalue weighted by molar-refractivity contribution is 6.32. The largest absolute Gasteiger partial charge is 0.508 e. The third kappa shape index (κ3) is 18.1. The van der Waals surface area contributed by atoms with E-state index < -0.39 is 205 Å². The van der Waals surface area contributed by atoms with Crippen LogP contribution in [0.2, 0.25) is 15.1 Å². The Morgan fingerprint density at radius 2 is 1.31 bits per heavy atom. The van der Waals surface area contributed by atoms with Gasteiger partial charge in [-0.1, -0.05) is 103 Å². The van der Waals surface area contributed by atoms with Gasteiger partial charge in [0.1, 0.15) is 89.3 Å². The van der Waals surface area contributed by atoms with Crippen LogP contribution in [0.3, 0.4) is 0 Å². The molecule has 18 atom stereocenters. The minimum Gasteiger partial charge on any atom is -0.508 e. The Kier molecular flexibility index (Phi) is 25.6. The summed E-state index contributed by atoms with van der Waals surface area (Å²) in [6.07, 6.45) is -18.0. The monoisotopic (exact) mass is 1630 g/mol. The summed E-state index contributed by atoms with van der Waals surface area (Å²) in [4.78, 5) is 93.3. The van der Waals surface area contributed by atoms with Gasteiger partial charge in [0.05, 0.1) is 54.0 Å². The lowest BCUT2D eigenvalue weighted by atomic mass is 9.84. The van der Waals surface area contributed by atoms with E-state index in [1.807, 2.05) is 50.2 Å². The summed E-state index contributed by atoms with van der Waals surface area (Å²) in [6, 6.07) is 17.3. The number of phenolic OH excluding ortho intramolecular Hbond substituents is 3. The van der Waals surface area contributed by atoms with Crippen molar-refractivity contribution >= 4 is 76.1 Å². The number of fused-ring (bicyclic) bond motifs is 14. The van der Waals surface area contributed by atoms with Crippen molar-refractivity contribution in [1.82, 2.24) is 37.2 Å². The maximum absolute atomic E-state index is 15.6. The van der Waals surface area contributed by atoms with Crippen molar-refractivity contribution in [3.05, 3.63) is 176 Å². The number of rotatable bonds is 17. The molecule has 7 aliphatic rings. The number of aromatic hydroxyl groups is 3. The first-order chi connectivity index (χ1) is 54.2. The molecule has 606 valence electrons. The third-order valence-electron chi connectivity index (χ3n) is 20.6. The van der Waals surface area contributed by atoms with Crippen LogP contribution in [0.25, 0.3) is 22.3 Å². The number of phenols is 3. The second-order valence-corrected chi connectivity index (χ2v) is 30.4. The number of primary amides is 1. The number of aliphatic imine (C=N–C) groups is 1. The van der Waals surface area contributed by atoms with Gasteiger partial charge in [0.25, 0.3) is 0 Å². The molecule has 7 aliphatic heterocycles. The van der Waals surface area contributed by atoms with Crippen molar-refractivity contribution < 1.29 is 108 Å². The number of ether oxygens (including phenoxy) is 6. The highest BCUT2D eigenvalue weighted by atomic mass is 35.5. The number of likely N-dealkylation sites (N-methyl/N-ethyl adjacent to an activating group) is 1. The van der Waals surface area contributed by atoms with Crippen LogP contribution in [0.4, 0.5) is 0 Å². The zero-order valence-electron chi connectivity index (χ0n) is 61.9. The molecule has 35 heteroatoms. The number of nitrogens with zero attached hydrogens (tertiary/aromatic N) is 1. The Labute approximate surface area is 667 Å². The first-order valence-corrected chi connectivity index (χ1v) is 37.5. The summed E-state index contributed by atoms with van der Waals surface area (Å²) in [5.41, 5.74) is 13.0. The van der Waals surface area contributed by atoms with E-state index in [0.717, 1.165) is 41.0 Å². The van der Waals surface area contributed by atoms with Gasteiger partial charge in [-0.05, 0) is 144 Å². The van der Waals surface area contributed by atoms with Gasteiger partial charge in [0, 0.05) is 40.7 Å². The molecule has 21 N–H and O–H groups in total. The number of amides is 6. The van der Waals surface area contributed by atoms with Gasteiger partial charge in [-0.25, -0.2) is 0 Å². The fourth-order valence-corrected chi connectivity index (χ4v) is 15.0. The number of benzene rings is 7. The molecule has 14 rings (SSSR count). The number of halogens is 3. The van der Waals surface area contributed by atoms with E-state index in [2.05, 4.69) is 37.2 Å². The second kappa shape index (κ2) is 35.0. The normalized spacial score (nSPS) is 27.4. The Balaban J connectivity index is 1.05. The van der Waals surface area contributed by atoms with Gasteiger partial charge in [0.2, 0.25) is 47.5 Å². The molecule has 3 unspecified atom stereocenters. The smallest absolute Gasteiger partial charge is 0.250 e. The molecule has 7 aromatic rings. The average Bonchev–Trinajstić information content (AvgIpc) is 0.755. The first kappa shape index (κ1) is 83.4. The number of carbonyl (C=O) groups is 6. The molecule has 7 heterocycles. The van der Waals surface area contributed by atoms with Crippen LogP contribution < -0.4 is 62.9 Å². The van der Waals surface area contributed by atoms with Crippen LogP contribution in [-0.4, -0.2) is 192 Å². The molecule has 0 saturated carbocycles. The number of amidine groups is 1. The van der Waals surface area contributed by atoms with E-state index in [-0.39, 0.29) is 85.8 Å². The predicted molar refractivity (Wildman–Crippen MR) is 412 cm³/mol. The van der Waals surface area contributed by atoms with Gasteiger partial charge in [-0.2, -0.15) is 0 Å². The maximum Gasteiger partial charge on any atom is 0.250 e. The standard InChI is InChI=1S/C79H87Cl3N10O22/c1-33(2)20-48(85-5)73(104)91-63-65(99)39-13-18-53(46(81)22-39)110-55-24-41-25-56(69(55)114-78-70(68(102)67(101)57(32-94)112-78)113-59-29-79(4,71(103)34(3)109-59)86-30-35-6-8-36(9-7-35)37-10-15-42(80)16-11-37)111-54-19-14-40(23-47(54)82)66(100)64-77(108)88-50(31-93)44-26-43(95)27-52(97)60(44)45-21-38(12-17-51(45)96)62(75(106)92-64)89-72(84)61(41)90-74(105)49(28-58(83)98)87-76(63)107/h6-19,21-27,33-34,48-50,57,59,61-68,70-71,78,85-86,93-97,99-103H,20,28-32H2,1-5H3,(H2,83,98)(H2,84,89)(H,87,107)(H,88,108)(H,90,105)(H,91,104)(H,92,106)/t34-,48+,49-,50+,57?,59-,61+,62+,63+,64-,65+,66+,67?,68-,70+,71+,78-,79?/m0/s1. The highest BCUT2D eigenvalue weighted by Gasteiger charge is 2.52. The molecule has 0 radical (unpaired) electrons. The minimum absolute atomic E-state index is 0.0826. The fraction of sp³-hybridized carbons (Fsp3) is 0.380. The molecular formula is C79H87Cl3N10O22. The summed E-state index contributed by atoms with van der Waals surface area (Å²) in [5, 5.41) is 136. The Bertz CT molecular complexity index is 4820. The SMILES string of the molecule is CN[C@H](CC(C)C)C(=O)N[C@H]1C(=O)N[C@@H](CC(N)=O)C(=O)N[C@H]2C(N)=N[C@H]3C(=O)N[C@H](C(=O)N[C@H](CO)c4cc(O)cc(O)c4-c4cc3ccc4O)[C@H](O)c3ccc(c(Cl)c3)Oc3cc2cc(c3O[C@@H]2OC(CO)C(O)[C@H](O)[C@H]2O[C@H]2CC(C)(NCc3ccc(-c4ccc(Cl)cc4)cc3)[C@H](O)[C@H](C)O2)Oc2ccc(cc2Cl)[C@H]1O. The number of hydrogen-bond donors (Lipinski definition) is 19. The minimum atomic E-state index is -2.10. The van der Waals surface area contributed by atoms with E-state index in [0.29, 0.717) is 5.02 Å². The zero-order valence-corrected chi connectivity index (χ0v) is 64.1. The first-order valence-electron chi connectivity index (χ1n) is 36.4. The van der Waals surface area contributed by atoms with Crippen LogP contribution in [0.5, 0.6) is 46.0 Å². The number of aliphatic hydroxyl groups is 7. The average molecular weight is 1630 g/mol. The molecule has 11 bridgehead atoms. The summed E-state index contributed by atoms with van der Waals surface area (Å²) in [6.45, 7) is 5.34. The Morgan fingerprint density at radius 3 is 1.91 bits per heavy atom. The second-order valence-electron chi connectivity index (χ2n) is 29.2. The fourth-order valence-electron chi connectivity index (χ4n) is 14.4. The van der Waals surface area contributed by atoms with Gasteiger partial charge in [0.15, 0.2) is 29.9 Å². The molecule has 2 fully saturated rings. The van der Waals surface area contributed by atoms with Crippen LogP contribution in [0, 0.1) is 5.92 Å². The highest BCUT2D eigenvalue weighted by Crippen LogP contribution is 2.50. The van der Waals surface area contributed by atoms with Crippen molar-refractivity contribution in [3.63, 3.8) is 0 Å². The van der Waals surface area contributed by atoms with Crippen molar-refractivity contribution in [2.24, 2.45) is 22.4 Å². The molecule has 6 amide bonds. The quantitative estimate of drug-likeness (QED) is 0.0600. The summed E-state index contributed by atoms with van der Waals surface area (Å²) < 4.78 is 39.7. The molecular weight excluding hydrogens is 1550 g/mol. The lowest BCUT2D eigenvalue weighted by Crippen LogP contribution is -2.65. The van der Waals surface area contributed by atoms with Gasteiger partial charge in [-0.3, -0.25) is 33.8 Å². The topological polar surface area (TPSA) is 509 Å². The van der Waals surface area contributed by atoms with Gasteiger partial charge < -0.3 is 128 Å².